The van der Waals surface area contributed by atoms with Gasteiger partial charge in [0.05, 0.1) is 0 Å². The predicted molar refractivity (Wildman–Crippen MR) is 38.8 cm³/mol. The van der Waals surface area contributed by atoms with Gasteiger partial charge < -0.3 is 10.5 Å². The molecular weight excluding hydrogens is 166 g/mol. The molecule has 5 heteroatoms. The van der Waals surface area contributed by atoms with E-state index in [1.54, 1.807) is 12.1 Å². The first-order chi connectivity index (χ1) is 5.74. The Morgan fingerprint density at radius 1 is 1.58 bits per heavy atom. The maximum atomic E-state index is 11.7. The average molecular weight is 174 g/mol. The molecule has 0 aliphatic rings. The van der Waals surface area contributed by atoms with Gasteiger partial charge in [0.25, 0.3) is 0 Å². The van der Waals surface area contributed by atoms with E-state index in [2.05, 4.69) is 9.72 Å². The minimum Gasteiger partial charge on any atom is -0.417 e. The number of aromatic nitrogens is 1. The van der Waals surface area contributed by atoms with E-state index in [0.29, 0.717) is 5.56 Å². The van der Waals surface area contributed by atoms with Crippen molar-refractivity contribution in [2.45, 2.75) is 13.2 Å². The standard InChI is InChI=1S/C7H8F2N2O/c8-7(9)12-6-5(4-10)2-1-3-11-6/h1-3,7H,4,10H2. The number of alkyl halides is 2. The molecule has 0 aliphatic carbocycles. The van der Waals surface area contributed by atoms with Gasteiger partial charge in [-0.25, -0.2) is 4.98 Å². The fraction of sp³-hybridized carbons (Fsp3) is 0.286. The second kappa shape index (κ2) is 3.96. The van der Waals surface area contributed by atoms with E-state index in [-0.39, 0.29) is 12.4 Å². The molecule has 1 heterocycles. The van der Waals surface area contributed by atoms with Crippen LogP contribution < -0.4 is 10.5 Å². The molecule has 0 aromatic carbocycles. The number of ether oxygens (including phenoxy) is 1. The Morgan fingerprint density at radius 3 is 2.92 bits per heavy atom. The van der Waals surface area contributed by atoms with Crippen molar-refractivity contribution in [2.24, 2.45) is 5.73 Å². The van der Waals surface area contributed by atoms with Crippen molar-refractivity contribution in [3.63, 3.8) is 0 Å². The Morgan fingerprint density at radius 2 is 2.33 bits per heavy atom. The summed E-state index contributed by atoms with van der Waals surface area (Å²) in [4.78, 5) is 3.61. The van der Waals surface area contributed by atoms with Gasteiger partial charge in [-0.15, -0.1) is 0 Å². The summed E-state index contributed by atoms with van der Waals surface area (Å²) in [6.07, 6.45) is 1.37. The summed E-state index contributed by atoms with van der Waals surface area (Å²) in [7, 11) is 0. The van der Waals surface area contributed by atoms with E-state index in [1.165, 1.54) is 6.20 Å². The minimum absolute atomic E-state index is 0.102. The minimum atomic E-state index is -2.86. The largest absolute Gasteiger partial charge is 0.417 e. The fourth-order valence-corrected chi connectivity index (χ4v) is 0.770. The molecule has 0 saturated heterocycles. The number of hydrogen-bond donors (Lipinski definition) is 1. The second-order valence-electron chi connectivity index (χ2n) is 2.05. The Labute approximate surface area is 68.2 Å². The molecular formula is C7H8F2N2O. The van der Waals surface area contributed by atoms with E-state index < -0.39 is 6.61 Å². The van der Waals surface area contributed by atoms with Gasteiger partial charge in [0.15, 0.2) is 0 Å². The maximum absolute atomic E-state index is 11.7. The summed E-state index contributed by atoms with van der Waals surface area (Å²) < 4.78 is 27.6. The molecule has 0 bridgehead atoms. The molecule has 1 rings (SSSR count). The van der Waals surface area contributed by atoms with Crippen LogP contribution in [-0.4, -0.2) is 11.6 Å². The first kappa shape index (κ1) is 8.86. The number of nitrogens with two attached hydrogens (primary N) is 1. The zero-order valence-electron chi connectivity index (χ0n) is 6.21. The Hall–Kier alpha value is -1.23. The van der Waals surface area contributed by atoms with Gasteiger partial charge in [-0.2, -0.15) is 8.78 Å². The lowest BCUT2D eigenvalue weighted by atomic mass is 10.3. The van der Waals surface area contributed by atoms with Crippen LogP contribution in [0.4, 0.5) is 8.78 Å². The molecule has 1 aromatic rings. The Kier molecular flexibility index (Phi) is 2.93. The van der Waals surface area contributed by atoms with Crippen LogP contribution in [0.15, 0.2) is 18.3 Å². The van der Waals surface area contributed by atoms with E-state index in [1.807, 2.05) is 0 Å². The van der Waals surface area contributed by atoms with Crippen LogP contribution in [0, 0.1) is 0 Å². The topological polar surface area (TPSA) is 48.1 Å². The van der Waals surface area contributed by atoms with Crippen molar-refractivity contribution >= 4 is 0 Å². The summed E-state index contributed by atoms with van der Waals surface area (Å²) in [5.41, 5.74) is 5.73. The lowest BCUT2D eigenvalue weighted by molar-refractivity contribution is -0.0534. The first-order valence-electron chi connectivity index (χ1n) is 3.33. The second-order valence-corrected chi connectivity index (χ2v) is 2.05. The SMILES string of the molecule is NCc1cccnc1OC(F)F. The van der Waals surface area contributed by atoms with Gasteiger partial charge in [-0.05, 0) is 6.07 Å². The Balaban J connectivity index is 2.82. The number of rotatable bonds is 3. The lowest BCUT2D eigenvalue weighted by Gasteiger charge is -2.06. The first-order valence-corrected chi connectivity index (χ1v) is 3.33. The van der Waals surface area contributed by atoms with Gasteiger partial charge in [0, 0.05) is 18.3 Å². The average Bonchev–Trinajstić information content (AvgIpc) is 2.04. The van der Waals surface area contributed by atoms with Crippen LogP contribution in [0.2, 0.25) is 0 Å². The lowest BCUT2D eigenvalue weighted by Crippen LogP contribution is -2.08. The smallest absolute Gasteiger partial charge is 0.388 e. The highest BCUT2D eigenvalue weighted by molar-refractivity contribution is 5.24. The molecule has 66 valence electrons. The van der Waals surface area contributed by atoms with E-state index in [0.717, 1.165) is 0 Å². The molecule has 2 N–H and O–H groups in total. The molecule has 0 atom stereocenters. The predicted octanol–water partition coefficient (Wildman–Crippen LogP) is 1.14. The van der Waals surface area contributed by atoms with Crippen LogP contribution in [0.5, 0.6) is 5.88 Å². The molecule has 0 fully saturated rings. The highest BCUT2D eigenvalue weighted by Crippen LogP contribution is 2.15. The molecule has 3 nitrogen and oxygen atoms in total. The van der Waals surface area contributed by atoms with Crippen LogP contribution in [0.25, 0.3) is 0 Å². The third kappa shape index (κ3) is 2.13. The van der Waals surface area contributed by atoms with Gasteiger partial charge in [0.2, 0.25) is 5.88 Å². The number of pyridine rings is 1. The van der Waals surface area contributed by atoms with Crippen LogP contribution in [-0.2, 0) is 6.54 Å². The molecule has 0 amide bonds. The number of halogens is 2. The zero-order valence-corrected chi connectivity index (χ0v) is 6.21. The molecule has 0 saturated carbocycles. The van der Waals surface area contributed by atoms with Crippen molar-refractivity contribution in [3.05, 3.63) is 23.9 Å². The maximum Gasteiger partial charge on any atom is 0.388 e. The van der Waals surface area contributed by atoms with Gasteiger partial charge in [0.1, 0.15) is 0 Å². The zero-order chi connectivity index (χ0) is 8.97. The summed E-state index contributed by atoms with van der Waals surface area (Å²) in [5.74, 6) is -0.102. The molecule has 0 spiro atoms. The number of hydrogen-bond acceptors (Lipinski definition) is 3. The highest BCUT2D eigenvalue weighted by Gasteiger charge is 2.08. The van der Waals surface area contributed by atoms with Crippen molar-refractivity contribution in [1.29, 1.82) is 0 Å². The molecule has 0 radical (unpaired) electrons. The van der Waals surface area contributed by atoms with Gasteiger partial charge >= 0.3 is 6.61 Å². The molecule has 12 heavy (non-hydrogen) atoms. The third-order valence-corrected chi connectivity index (χ3v) is 1.27. The van der Waals surface area contributed by atoms with Crippen LogP contribution >= 0.6 is 0 Å². The van der Waals surface area contributed by atoms with Crippen molar-refractivity contribution in [1.82, 2.24) is 4.98 Å². The van der Waals surface area contributed by atoms with Crippen LogP contribution in [0.3, 0.4) is 0 Å². The quantitative estimate of drug-likeness (QED) is 0.747. The number of nitrogens with zero attached hydrogens (tertiary/aromatic N) is 1. The highest BCUT2D eigenvalue weighted by atomic mass is 19.3. The fourth-order valence-electron chi connectivity index (χ4n) is 0.770. The summed E-state index contributed by atoms with van der Waals surface area (Å²) >= 11 is 0. The molecule has 1 aromatic heterocycles. The summed E-state index contributed by atoms with van der Waals surface area (Å²) in [6, 6.07) is 3.20. The van der Waals surface area contributed by atoms with E-state index in [4.69, 9.17) is 5.73 Å². The monoisotopic (exact) mass is 174 g/mol. The van der Waals surface area contributed by atoms with Crippen molar-refractivity contribution in [3.8, 4) is 5.88 Å². The molecule has 0 aliphatic heterocycles. The summed E-state index contributed by atoms with van der Waals surface area (Å²) in [6.45, 7) is -2.72. The third-order valence-electron chi connectivity index (χ3n) is 1.27. The van der Waals surface area contributed by atoms with Crippen molar-refractivity contribution < 1.29 is 13.5 Å². The van der Waals surface area contributed by atoms with E-state index >= 15 is 0 Å². The molecule has 0 unspecified atom stereocenters. The van der Waals surface area contributed by atoms with Gasteiger partial charge in [-0.3, -0.25) is 0 Å². The normalized spacial score (nSPS) is 10.3. The van der Waals surface area contributed by atoms with Crippen molar-refractivity contribution in [2.75, 3.05) is 0 Å². The summed E-state index contributed by atoms with van der Waals surface area (Å²) in [5, 5.41) is 0. The van der Waals surface area contributed by atoms with E-state index in [9.17, 15) is 8.78 Å². The Bertz CT molecular complexity index is 255. The van der Waals surface area contributed by atoms with Crippen LogP contribution in [0.1, 0.15) is 5.56 Å². The van der Waals surface area contributed by atoms with Gasteiger partial charge in [-0.1, -0.05) is 6.07 Å².